The summed E-state index contributed by atoms with van der Waals surface area (Å²) in [6.45, 7) is 5.11. The molecule has 0 saturated carbocycles. The van der Waals surface area contributed by atoms with E-state index in [2.05, 4.69) is 5.32 Å². The lowest BCUT2D eigenvalue weighted by atomic mass is 10.1. The van der Waals surface area contributed by atoms with Crippen molar-refractivity contribution in [2.75, 3.05) is 13.1 Å². The topological polar surface area (TPSA) is 66.5 Å². The molecule has 1 heterocycles. The molecule has 1 aliphatic heterocycles. The Morgan fingerprint density at radius 1 is 1.27 bits per heavy atom. The van der Waals surface area contributed by atoms with Crippen molar-refractivity contribution < 1.29 is 22.0 Å². The standard InChI is InChI=1S/C14H18F2N2O3S/c1-9-10(2)18(8-7-17-9)13(19)11-3-5-12(6-4-11)22(20,21)14(15)16/h3-6,9-10,14,17H,7-8H2,1-2H3. The number of nitrogens with zero attached hydrogens (tertiary/aromatic N) is 1. The van der Waals surface area contributed by atoms with Crippen LogP contribution in [0.1, 0.15) is 24.2 Å². The zero-order chi connectivity index (χ0) is 16.5. The second kappa shape index (κ2) is 6.29. The molecule has 5 nitrogen and oxygen atoms in total. The lowest BCUT2D eigenvalue weighted by Crippen LogP contribution is -2.57. The molecule has 0 spiro atoms. The SMILES string of the molecule is CC1NCCN(C(=O)c2ccc(S(=O)(=O)C(F)F)cc2)C1C. The average molecular weight is 332 g/mol. The number of carbonyl (C=O) groups is 1. The molecule has 0 aromatic heterocycles. The zero-order valence-electron chi connectivity index (χ0n) is 12.3. The summed E-state index contributed by atoms with van der Waals surface area (Å²) in [5, 5.41) is 3.25. The summed E-state index contributed by atoms with van der Waals surface area (Å²) in [4.78, 5) is 13.7. The van der Waals surface area contributed by atoms with Gasteiger partial charge in [-0.15, -0.1) is 0 Å². The highest BCUT2D eigenvalue weighted by molar-refractivity contribution is 7.91. The van der Waals surface area contributed by atoms with E-state index in [1.54, 1.807) is 4.90 Å². The number of sulfone groups is 1. The summed E-state index contributed by atoms with van der Waals surface area (Å²) >= 11 is 0. The lowest BCUT2D eigenvalue weighted by molar-refractivity contribution is 0.0603. The summed E-state index contributed by atoms with van der Waals surface area (Å²) in [5.41, 5.74) is 0.286. The Morgan fingerprint density at radius 3 is 2.41 bits per heavy atom. The maximum atomic E-state index is 12.5. The van der Waals surface area contributed by atoms with Crippen LogP contribution in [-0.2, 0) is 9.84 Å². The minimum absolute atomic E-state index is 0.00859. The number of hydrogen-bond donors (Lipinski definition) is 1. The maximum absolute atomic E-state index is 12.5. The van der Waals surface area contributed by atoms with E-state index in [9.17, 15) is 22.0 Å². The van der Waals surface area contributed by atoms with Gasteiger partial charge in [0.2, 0.25) is 9.84 Å². The Morgan fingerprint density at radius 2 is 1.86 bits per heavy atom. The number of benzene rings is 1. The van der Waals surface area contributed by atoms with Crippen LogP contribution in [0.5, 0.6) is 0 Å². The molecule has 122 valence electrons. The molecule has 1 aromatic rings. The quantitative estimate of drug-likeness (QED) is 0.911. The summed E-state index contributed by atoms with van der Waals surface area (Å²) in [6, 6.07) is 4.78. The Kier molecular flexibility index (Phi) is 4.81. The molecule has 8 heteroatoms. The second-order valence-corrected chi connectivity index (χ2v) is 7.23. The number of nitrogens with one attached hydrogen (secondary N) is 1. The lowest BCUT2D eigenvalue weighted by Gasteiger charge is -2.38. The van der Waals surface area contributed by atoms with Crippen LogP contribution in [0.2, 0.25) is 0 Å². The van der Waals surface area contributed by atoms with Crippen LogP contribution < -0.4 is 5.32 Å². The predicted octanol–water partition coefficient (Wildman–Crippen LogP) is 1.51. The van der Waals surface area contributed by atoms with Crippen LogP contribution in [0.25, 0.3) is 0 Å². The molecule has 2 unspecified atom stereocenters. The molecule has 22 heavy (non-hydrogen) atoms. The fraction of sp³-hybridized carbons (Fsp3) is 0.500. The van der Waals surface area contributed by atoms with Gasteiger partial charge in [-0.1, -0.05) is 0 Å². The van der Waals surface area contributed by atoms with E-state index in [1.165, 1.54) is 12.1 Å². The zero-order valence-corrected chi connectivity index (χ0v) is 13.1. The minimum Gasteiger partial charge on any atom is -0.333 e. The van der Waals surface area contributed by atoms with Crippen molar-refractivity contribution in [3.63, 3.8) is 0 Å². The minimum atomic E-state index is -4.63. The number of hydrogen-bond acceptors (Lipinski definition) is 4. The Labute approximate surface area is 128 Å². The van der Waals surface area contributed by atoms with E-state index in [-0.39, 0.29) is 23.6 Å². The highest BCUT2D eigenvalue weighted by Crippen LogP contribution is 2.20. The Bertz CT molecular complexity index is 647. The van der Waals surface area contributed by atoms with Gasteiger partial charge in [0.1, 0.15) is 0 Å². The molecule has 0 aliphatic carbocycles. The van der Waals surface area contributed by atoms with Crippen LogP contribution in [0.4, 0.5) is 8.78 Å². The highest BCUT2D eigenvalue weighted by atomic mass is 32.2. The number of piperazine rings is 1. The number of halogens is 2. The third-order valence-electron chi connectivity index (χ3n) is 3.96. The fourth-order valence-corrected chi connectivity index (χ4v) is 3.12. The number of carbonyl (C=O) groups excluding carboxylic acids is 1. The number of rotatable bonds is 3. The summed E-state index contributed by atoms with van der Waals surface area (Å²) < 4.78 is 47.7. The van der Waals surface area contributed by atoms with Gasteiger partial charge >= 0.3 is 5.76 Å². The van der Waals surface area contributed by atoms with Crippen LogP contribution in [0.15, 0.2) is 29.2 Å². The number of alkyl halides is 2. The van der Waals surface area contributed by atoms with Crippen LogP contribution in [0.3, 0.4) is 0 Å². The molecule has 2 rings (SSSR count). The first kappa shape index (κ1) is 16.8. The molecular formula is C14H18F2N2O3S. The van der Waals surface area contributed by atoms with Crippen molar-refractivity contribution in [1.82, 2.24) is 10.2 Å². The predicted molar refractivity (Wildman–Crippen MR) is 77.6 cm³/mol. The molecule has 0 bridgehead atoms. The number of amides is 1. The van der Waals surface area contributed by atoms with Gasteiger partial charge in [0.25, 0.3) is 5.91 Å². The van der Waals surface area contributed by atoms with Gasteiger partial charge in [-0.3, -0.25) is 4.79 Å². The summed E-state index contributed by atoms with van der Waals surface area (Å²) in [6.07, 6.45) is 0. The van der Waals surface area contributed by atoms with Crippen molar-refractivity contribution in [3.05, 3.63) is 29.8 Å². The smallest absolute Gasteiger partial charge is 0.333 e. The molecular weight excluding hydrogens is 314 g/mol. The van der Waals surface area contributed by atoms with E-state index < -0.39 is 20.5 Å². The molecule has 1 fully saturated rings. The second-order valence-electron chi connectivity index (χ2n) is 5.31. The maximum Gasteiger partial charge on any atom is 0.341 e. The van der Waals surface area contributed by atoms with Gasteiger partial charge in [-0.05, 0) is 38.1 Å². The molecule has 2 atom stereocenters. The van der Waals surface area contributed by atoms with Crippen LogP contribution >= 0.6 is 0 Å². The molecule has 0 radical (unpaired) electrons. The highest BCUT2D eigenvalue weighted by Gasteiger charge is 2.30. The molecule has 1 N–H and O–H groups in total. The van der Waals surface area contributed by atoms with Crippen molar-refractivity contribution in [1.29, 1.82) is 0 Å². The fourth-order valence-electron chi connectivity index (χ4n) is 2.40. The van der Waals surface area contributed by atoms with Crippen molar-refractivity contribution in [2.45, 2.75) is 36.6 Å². The summed E-state index contributed by atoms with van der Waals surface area (Å²) in [7, 11) is -4.63. The van der Waals surface area contributed by atoms with Gasteiger partial charge < -0.3 is 10.2 Å². The van der Waals surface area contributed by atoms with Crippen molar-refractivity contribution in [2.24, 2.45) is 0 Å². The molecule has 1 aliphatic rings. The third-order valence-corrected chi connectivity index (χ3v) is 5.36. The van der Waals surface area contributed by atoms with E-state index in [1.807, 2.05) is 13.8 Å². The Balaban J connectivity index is 2.22. The van der Waals surface area contributed by atoms with Gasteiger partial charge in [-0.2, -0.15) is 8.78 Å². The van der Waals surface area contributed by atoms with Crippen molar-refractivity contribution in [3.8, 4) is 0 Å². The van der Waals surface area contributed by atoms with Gasteiger partial charge in [0.05, 0.1) is 4.90 Å². The first-order valence-electron chi connectivity index (χ1n) is 6.91. The third kappa shape index (κ3) is 3.12. The van der Waals surface area contributed by atoms with Gasteiger partial charge in [0.15, 0.2) is 0 Å². The van der Waals surface area contributed by atoms with E-state index in [0.717, 1.165) is 12.1 Å². The van der Waals surface area contributed by atoms with Crippen LogP contribution in [-0.4, -0.2) is 50.2 Å². The van der Waals surface area contributed by atoms with Gasteiger partial charge in [0, 0.05) is 30.7 Å². The molecule has 1 saturated heterocycles. The first-order valence-corrected chi connectivity index (χ1v) is 8.46. The monoisotopic (exact) mass is 332 g/mol. The first-order chi connectivity index (χ1) is 10.2. The van der Waals surface area contributed by atoms with Crippen LogP contribution in [0, 0.1) is 0 Å². The molecule has 1 amide bonds. The average Bonchev–Trinajstić information content (AvgIpc) is 2.49. The van der Waals surface area contributed by atoms with Gasteiger partial charge in [-0.25, -0.2) is 8.42 Å². The largest absolute Gasteiger partial charge is 0.341 e. The normalized spacial score (nSPS) is 22.9. The summed E-state index contributed by atoms with van der Waals surface area (Å²) in [5.74, 6) is -3.70. The van der Waals surface area contributed by atoms with E-state index >= 15 is 0 Å². The van der Waals surface area contributed by atoms with E-state index in [0.29, 0.717) is 13.1 Å². The van der Waals surface area contributed by atoms with E-state index in [4.69, 9.17) is 0 Å². The Hall–Kier alpha value is -1.54. The molecule has 1 aromatic carbocycles. The van der Waals surface area contributed by atoms with Crippen molar-refractivity contribution >= 4 is 15.7 Å².